The summed E-state index contributed by atoms with van der Waals surface area (Å²) in [5.74, 6) is -2.19. The second-order valence-corrected chi connectivity index (χ2v) is 4.71. The number of alkyl halides is 3. The predicted molar refractivity (Wildman–Crippen MR) is 76.8 cm³/mol. The molecular weight excluding hydrogens is 330 g/mol. The van der Waals surface area contributed by atoms with Crippen LogP contribution in [0.1, 0.15) is 15.9 Å². The van der Waals surface area contributed by atoms with Crippen LogP contribution in [0.3, 0.4) is 0 Å². The average molecular weight is 341 g/mol. The van der Waals surface area contributed by atoms with Crippen LogP contribution in [-0.2, 0) is 15.7 Å². The molecule has 1 amide bonds. The molecule has 8 heteroatoms. The number of rotatable bonds is 4. The van der Waals surface area contributed by atoms with Crippen molar-refractivity contribution in [3.05, 3.63) is 65.5 Å². The normalized spacial score (nSPS) is 11.0. The number of ether oxygens (including phenoxy) is 1. The molecule has 4 nitrogen and oxygen atoms in total. The summed E-state index contributed by atoms with van der Waals surface area (Å²) in [5.41, 5.74) is -0.945. The Hall–Kier alpha value is -2.90. The number of hydrogen-bond acceptors (Lipinski definition) is 3. The third-order valence-corrected chi connectivity index (χ3v) is 2.89. The number of anilines is 1. The fourth-order valence-electron chi connectivity index (χ4n) is 1.77. The third-order valence-electron chi connectivity index (χ3n) is 2.89. The van der Waals surface area contributed by atoms with E-state index >= 15 is 0 Å². The Labute approximate surface area is 134 Å². The second kappa shape index (κ2) is 7.12. The fraction of sp³-hybridized carbons (Fsp3) is 0.125. The number of hydrogen-bond donors (Lipinski definition) is 1. The Bertz CT molecular complexity index is 742. The monoisotopic (exact) mass is 341 g/mol. The topological polar surface area (TPSA) is 55.4 Å². The molecule has 2 rings (SSSR count). The van der Waals surface area contributed by atoms with E-state index in [-0.39, 0.29) is 11.3 Å². The van der Waals surface area contributed by atoms with Gasteiger partial charge in [0.15, 0.2) is 6.61 Å². The van der Waals surface area contributed by atoms with E-state index in [4.69, 9.17) is 4.74 Å². The van der Waals surface area contributed by atoms with Crippen LogP contribution < -0.4 is 5.32 Å². The van der Waals surface area contributed by atoms with E-state index in [2.05, 4.69) is 5.32 Å². The van der Waals surface area contributed by atoms with Gasteiger partial charge < -0.3 is 10.1 Å². The van der Waals surface area contributed by atoms with Crippen LogP contribution in [0.4, 0.5) is 23.2 Å². The number of carbonyl (C=O) groups is 2. The Morgan fingerprint density at radius 2 is 1.71 bits per heavy atom. The lowest BCUT2D eigenvalue weighted by atomic mass is 10.2. The molecule has 0 saturated heterocycles. The first-order valence-electron chi connectivity index (χ1n) is 6.65. The number of carbonyl (C=O) groups excluding carboxylic acids is 2. The minimum Gasteiger partial charge on any atom is -0.452 e. The summed E-state index contributed by atoms with van der Waals surface area (Å²) in [6.07, 6.45) is -4.53. The summed E-state index contributed by atoms with van der Waals surface area (Å²) in [6.45, 7) is -0.688. The highest BCUT2D eigenvalue weighted by Gasteiger charge is 2.30. The van der Waals surface area contributed by atoms with Crippen LogP contribution >= 0.6 is 0 Å². The maximum absolute atomic E-state index is 12.7. The molecule has 24 heavy (non-hydrogen) atoms. The molecule has 0 aliphatic heterocycles. The number of amides is 1. The van der Waals surface area contributed by atoms with Crippen molar-refractivity contribution >= 4 is 17.6 Å². The molecule has 0 radical (unpaired) electrons. The summed E-state index contributed by atoms with van der Waals surface area (Å²) < 4.78 is 55.1. The average Bonchev–Trinajstić information content (AvgIpc) is 2.53. The molecule has 0 heterocycles. The second-order valence-electron chi connectivity index (χ2n) is 4.71. The van der Waals surface area contributed by atoms with Gasteiger partial charge in [0.25, 0.3) is 5.91 Å². The zero-order valence-electron chi connectivity index (χ0n) is 12.1. The minimum atomic E-state index is -4.53. The fourth-order valence-corrected chi connectivity index (χ4v) is 1.77. The van der Waals surface area contributed by atoms with Gasteiger partial charge in [-0.25, -0.2) is 9.18 Å². The highest BCUT2D eigenvalue weighted by Crippen LogP contribution is 2.30. The molecule has 0 atom stereocenters. The first-order valence-corrected chi connectivity index (χ1v) is 6.65. The molecule has 0 aliphatic carbocycles. The van der Waals surface area contributed by atoms with Gasteiger partial charge in [0.05, 0.1) is 11.1 Å². The van der Waals surface area contributed by atoms with Crippen molar-refractivity contribution < 1.29 is 31.9 Å². The van der Waals surface area contributed by atoms with Gasteiger partial charge in [0, 0.05) is 5.69 Å². The summed E-state index contributed by atoms with van der Waals surface area (Å²) in [5, 5.41) is 2.19. The van der Waals surface area contributed by atoms with Crippen LogP contribution in [0, 0.1) is 5.82 Å². The smallest absolute Gasteiger partial charge is 0.416 e. The van der Waals surface area contributed by atoms with Crippen molar-refractivity contribution in [1.82, 2.24) is 0 Å². The molecule has 2 aromatic rings. The first kappa shape index (κ1) is 17.5. The van der Waals surface area contributed by atoms with Gasteiger partial charge in [-0.1, -0.05) is 6.07 Å². The molecule has 2 aromatic carbocycles. The highest BCUT2D eigenvalue weighted by molar-refractivity contribution is 5.95. The summed E-state index contributed by atoms with van der Waals surface area (Å²) in [7, 11) is 0. The Kier molecular flexibility index (Phi) is 5.18. The van der Waals surface area contributed by atoms with Crippen LogP contribution in [0.2, 0.25) is 0 Å². The molecule has 0 spiro atoms. The van der Waals surface area contributed by atoms with E-state index in [1.807, 2.05) is 0 Å². The molecule has 1 N–H and O–H groups in total. The summed E-state index contributed by atoms with van der Waals surface area (Å²) >= 11 is 0. The maximum atomic E-state index is 12.7. The quantitative estimate of drug-likeness (QED) is 0.682. The Balaban J connectivity index is 1.92. The van der Waals surface area contributed by atoms with E-state index in [0.717, 1.165) is 30.3 Å². The van der Waals surface area contributed by atoms with E-state index in [0.29, 0.717) is 0 Å². The van der Waals surface area contributed by atoms with Crippen molar-refractivity contribution in [2.45, 2.75) is 6.18 Å². The van der Waals surface area contributed by atoms with Crippen molar-refractivity contribution in [3.63, 3.8) is 0 Å². The number of nitrogens with one attached hydrogen (secondary N) is 1. The zero-order chi connectivity index (χ0) is 17.7. The largest absolute Gasteiger partial charge is 0.452 e. The van der Waals surface area contributed by atoms with E-state index < -0.39 is 36.0 Å². The molecule has 0 aliphatic rings. The van der Waals surface area contributed by atoms with Gasteiger partial charge in [-0.15, -0.1) is 0 Å². The van der Waals surface area contributed by atoms with E-state index in [9.17, 15) is 27.2 Å². The third kappa shape index (κ3) is 4.80. The van der Waals surface area contributed by atoms with E-state index in [1.54, 1.807) is 0 Å². The first-order chi connectivity index (χ1) is 11.3. The molecule has 0 bridgehead atoms. The molecule has 126 valence electrons. The van der Waals surface area contributed by atoms with Crippen molar-refractivity contribution in [2.24, 2.45) is 0 Å². The Morgan fingerprint density at radius 1 is 1.04 bits per heavy atom. The molecule has 0 aromatic heterocycles. The SMILES string of the molecule is O=C(COC(=O)c1ccc(F)cc1)Nc1cccc(C(F)(F)F)c1. The summed E-state index contributed by atoms with van der Waals surface area (Å²) in [6, 6.07) is 8.52. The number of halogens is 4. The van der Waals surface area contributed by atoms with Crippen molar-refractivity contribution in [1.29, 1.82) is 0 Å². The van der Waals surface area contributed by atoms with Crippen LogP contribution in [-0.4, -0.2) is 18.5 Å². The standard InChI is InChI=1S/C16H11F4NO3/c17-12-6-4-10(5-7-12)15(23)24-9-14(22)21-13-3-1-2-11(8-13)16(18,19)20/h1-8H,9H2,(H,21,22). The van der Waals surface area contributed by atoms with E-state index in [1.165, 1.54) is 18.2 Å². The lowest BCUT2D eigenvalue weighted by Gasteiger charge is -2.10. The van der Waals surface area contributed by atoms with Crippen molar-refractivity contribution in [2.75, 3.05) is 11.9 Å². The van der Waals surface area contributed by atoms with Gasteiger partial charge >= 0.3 is 12.1 Å². The molecule has 0 saturated carbocycles. The maximum Gasteiger partial charge on any atom is 0.416 e. The molecule has 0 fully saturated rings. The van der Waals surface area contributed by atoms with Crippen molar-refractivity contribution in [3.8, 4) is 0 Å². The summed E-state index contributed by atoms with van der Waals surface area (Å²) in [4.78, 5) is 23.3. The lowest BCUT2D eigenvalue weighted by Crippen LogP contribution is -2.21. The number of benzene rings is 2. The van der Waals surface area contributed by atoms with Crippen LogP contribution in [0.15, 0.2) is 48.5 Å². The highest BCUT2D eigenvalue weighted by atomic mass is 19.4. The van der Waals surface area contributed by atoms with Crippen LogP contribution in [0.5, 0.6) is 0 Å². The Morgan fingerprint density at radius 3 is 2.33 bits per heavy atom. The van der Waals surface area contributed by atoms with Gasteiger partial charge in [0.2, 0.25) is 0 Å². The zero-order valence-corrected chi connectivity index (χ0v) is 12.1. The van der Waals surface area contributed by atoms with Crippen LogP contribution in [0.25, 0.3) is 0 Å². The predicted octanol–water partition coefficient (Wildman–Crippen LogP) is 3.64. The molecular formula is C16H11F4NO3. The van der Waals surface area contributed by atoms with Gasteiger partial charge in [-0.2, -0.15) is 13.2 Å². The van der Waals surface area contributed by atoms with Gasteiger partial charge in [-0.05, 0) is 42.5 Å². The lowest BCUT2D eigenvalue weighted by molar-refractivity contribution is -0.137. The number of esters is 1. The van der Waals surface area contributed by atoms with Gasteiger partial charge in [-0.3, -0.25) is 4.79 Å². The molecule has 0 unspecified atom stereocenters. The minimum absolute atomic E-state index is 0.0447. The van der Waals surface area contributed by atoms with Gasteiger partial charge in [0.1, 0.15) is 5.82 Å².